The van der Waals surface area contributed by atoms with Gasteiger partial charge >= 0.3 is 0 Å². The molecule has 114 valence electrons. The molecule has 0 saturated heterocycles. The SMILES string of the molecule is Cc1cc(C)c2c(n1)sc1c(Nc3cccc(F)c3)ncnc12. The van der Waals surface area contributed by atoms with E-state index in [2.05, 4.69) is 33.3 Å². The molecule has 23 heavy (non-hydrogen) atoms. The van der Waals surface area contributed by atoms with Gasteiger partial charge < -0.3 is 5.32 Å². The highest BCUT2D eigenvalue weighted by atomic mass is 32.1. The van der Waals surface area contributed by atoms with Crippen molar-refractivity contribution in [3.63, 3.8) is 0 Å². The molecule has 3 aromatic heterocycles. The smallest absolute Gasteiger partial charge is 0.151 e. The van der Waals surface area contributed by atoms with Gasteiger partial charge in [0.2, 0.25) is 0 Å². The Morgan fingerprint density at radius 3 is 2.83 bits per heavy atom. The van der Waals surface area contributed by atoms with Gasteiger partial charge in [0.1, 0.15) is 17.0 Å². The fourth-order valence-electron chi connectivity index (χ4n) is 2.70. The Morgan fingerprint density at radius 2 is 2.00 bits per heavy atom. The number of thiophene rings is 1. The topological polar surface area (TPSA) is 50.7 Å². The van der Waals surface area contributed by atoms with E-state index in [0.717, 1.165) is 31.7 Å². The third-order valence-electron chi connectivity index (χ3n) is 3.64. The van der Waals surface area contributed by atoms with Crippen molar-refractivity contribution < 1.29 is 4.39 Å². The Bertz CT molecular complexity index is 1040. The monoisotopic (exact) mass is 324 g/mol. The van der Waals surface area contributed by atoms with E-state index < -0.39 is 0 Å². The number of benzene rings is 1. The van der Waals surface area contributed by atoms with E-state index in [4.69, 9.17) is 0 Å². The van der Waals surface area contributed by atoms with E-state index in [-0.39, 0.29) is 5.82 Å². The molecule has 0 atom stereocenters. The molecular formula is C17H13FN4S. The van der Waals surface area contributed by atoms with Crippen molar-refractivity contribution in [3.8, 4) is 0 Å². The van der Waals surface area contributed by atoms with E-state index >= 15 is 0 Å². The number of nitrogens with one attached hydrogen (secondary N) is 1. The highest BCUT2D eigenvalue weighted by molar-refractivity contribution is 7.26. The zero-order valence-corrected chi connectivity index (χ0v) is 13.4. The quantitative estimate of drug-likeness (QED) is 0.578. The molecule has 0 aliphatic rings. The zero-order chi connectivity index (χ0) is 16.0. The first-order valence-electron chi connectivity index (χ1n) is 7.16. The first kappa shape index (κ1) is 14.0. The minimum atomic E-state index is -0.287. The number of pyridine rings is 1. The van der Waals surface area contributed by atoms with Crippen molar-refractivity contribution in [1.29, 1.82) is 0 Å². The molecule has 6 heteroatoms. The maximum atomic E-state index is 13.4. The Labute approximate surface area is 136 Å². The van der Waals surface area contributed by atoms with Crippen LogP contribution in [0, 0.1) is 19.7 Å². The maximum Gasteiger partial charge on any atom is 0.151 e. The Balaban J connectivity index is 1.92. The van der Waals surface area contributed by atoms with E-state index in [1.165, 1.54) is 18.5 Å². The first-order valence-corrected chi connectivity index (χ1v) is 7.97. The van der Waals surface area contributed by atoms with Crippen LogP contribution in [0.15, 0.2) is 36.7 Å². The van der Waals surface area contributed by atoms with Crippen LogP contribution in [0.5, 0.6) is 0 Å². The van der Waals surface area contributed by atoms with Gasteiger partial charge in [0, 0.05) is 16.8 Å². The van der Waals surface area contributed by atoms with Crippen molar-refractivity contribution >= 4 is 43.3 Å². The molecule has 0 unspecified atom stereocenters. The lowest BCUT2D eigenvalue weighted by atomic mass is 10.1. The van der Waals surface area contributed by atoms with Crippen LogP contribution in [0.1, 0.15) is 11.3 Å². The van der Waals surface area contributed by atoms with Crippen LogP contribution in [0.3, 0.4) is 0 Å². The number of anilines is 2. The highest BCUT2D eigenvalue weighted by Gasteiger charge is 2.14. The normalized spacial score (nSPS) is 11.3. The number of nitrogens with zero attached hydrogens (tertiary/aromatic N) is 3. The van der Waals surface area contributed by atoms with Gasteiger partial charge in [-0.3, -0.25) is 0 Å². The summed E-state index contributed by atoms with van der Waals surface area (Å²) in [7, 11) is 0. The van der Waals surface area contributed by atoms with E-state index in [9.17, 15) is 4.39 Å². The highest BCUT2D eigenvalue weighted by Crippen LogP contribution is 2.37. The third-order valence-corrected chi connectivity index (χ3v) is 4.72. The maximum absolute atomic E-state index is 13.4. The molecule has 1 N–H and O–H groups in total. The van der Waals surface area contributed by atoms with Crippen LogP contribution in [0.25, 0.3) is 20.4 Å². The van der Waals surface area contributed by atoms with Crippen LogP contribution in [-0.2, 0) is 0 Å². The fraction of sp³-hybridized carbons (Fsp3) is 0.118. The number of rotatable bonds is 2. The Hall–Kier alpha value is -2.60. The molecule has 0 amide bonds. The van der Waals surface area contributed by atoms with Gasteiger partial charge in [-0.25, -0.2) is 19.3 Å². The van der Waals surface area contributed by atoms with Gasteiger partial charge in [-0.1, -0.05) is 6.07 Å². The third kappa shape index (κ3) is 2.41. The lowest BCUT2D eigenvalue weighted by Gasteiger charge is -2.06. The van der Waals surface area contributed by atoms with Gasteiger partial charge in [-0.15, -0.1) is 11.3 Å². The lowest BCUT2D eigenvalue weighted by Crippen LogP contribution is -1.94. The molecule has 0 radical (unpaired) electrons. The molecule has 1 aromatic carbocycles. The summed E-state index contributed by atoms with van der Waals surface area (Å²) in [6, 6.07) is 8.37. The minimum absolute atomic E-state index is 0.287. The first-order chi connectivity index (χ1) is 11.1. The molecule has 4 rings (SSSR count). The molecule has 4 nitrogen and oxygen atoms in total. The fourth-order valence-corrected chi connectivity index (χ4v) is 3.90. The number of aromatic nitrogens is 3. The second-order valence-electron chi connectivity index (χ2n) is 5.40. The number of fused-ring (bicyclic) bond motifs is 3. The van der Waals surface area contributed by atoms with Crippen molar-refractivity contribution in [2.45, 2.75) is 13.8 Å². The summed E-state index contributed by atoms with van der Waals surface area (Å²) >= 11 is 1.55. The number of hydrogen-bond acceptors (Lipinski definition) is 5. The van der Waals surface area contributed by atoms with Crippen LogP contribution in [0.2, 0.25) is 0 Å². The van der Waals surface area contributed by atoms with Crippen molar-refractivity contribution in [3.05, 3.63) is 53.7 Å². The van der Waals surface area contributed by atoms with Crippen LogP contribution < -0.4 is 5.32 Å². The van der Waals surface area contributed by atoms with Gasteiger partial charge in [-0.05, 0) is 43.7 Å². The van der Waals surface area contributed by atoms with Crippen molar-refractivity contribution in [2.75, 3.05) is 5.32 Å². The predicted molar refractivity (Wildman–Crippen MR) is 91.9 cm³/mol. The summed E-state index contributed by atoms with van der Waals surface area (Å²) in [5.41, 5.74) is 3.66. The number of halogens is 1. The summed E-state index contributed by atoms with van der Waals surface area (Å²) in [5.74, 6) is 0.380. The number of aryl methyl sites for hydroxylation is 2. The summed E-state index contributed by atoms with van der Waals surface area (Å²) in [6.45, 7) is 4.04. The second kappa shape index (κ2) is 5.24. The van der Waals surface area contributed by atoms with E-state index in [1.54, 1.807) is 23.5 Å². The van der Waals surface area contributed by atoms with Gasteiger partial charge in [-0.2, -0.15) is 0 Å². The summed E-state index contributed by atoms with van der Waals surface area (Å²) in [4.78, 5) is 14.3. The summed E-state index contributed by atoms with van der Waals surface area (Å²) in [6.07, 6.45) is 1.52. The lowest BCUT2D eigenvalue weighted by molar-refractivity contribution is 0.628. The van der Waals surface area contributed by atoms with E-state index in [1.807, 2.05) is 6.92 Å². The Kier molecular flexibility index (Phi) is 3.20. The molecule has 0 fully saturated rings. The molecule has 4 aromatic rings. The van der Waals surface area contributed by atoms with Gasteiger partial charge in [0.25, 0.3) is 0 Å². The predicted octanol–water partition coefficient (Wildman–Crippen LogP) is 4.74. The molecular weight excluding hydrogens is 311 g/mol. The largest absolute Gasteiger partial charge is 0.339 e. The molecule has 0 aliphatic carbocycles. The molecule has 0 bridgehead atoms. The van der Waals surface area contributed by atoms with Crippen LogP contribution >= 0.6 is 11.3 Å². The average Bonchev–Trinajstić information content (AvgIpc) is 2.86. The second-order valence-corrected chi connectivity index (χ2v) is 6.40. The number of hydrogen-bond donors (Lipinski definition) is 1. The van der Waals surface area contributed by atoms with Crippen molar-refractivity contribution in [2.24, 2.45) is 0 Å². The zero-order valence-electron chi connectivity index (χ0n) is 12.6. The van der Waals surface area contributed by atoms with Crippen molar-refractivity contribution in [1.82, 2.24) is 15.0 Å². The standard InChI is InChI=1S/C17H13FN4S/c1-9-6-10(2)21-17-13(9)14-15(23-17)16(20-8-19-14)22-12-5-3-4-11(18)7-12/h3-8H,1-2H3,(H,19,20,22). The van der Waals surface area contributed by atoms with Crippen LogP contribution in [0.4, 0.5) is 15.9 Å². The van der Waals surface area contributed by atoms with Gasteiger partial charge in [0.05, 0.1) is 10.2 Å². The Morgan fingerprint density at radius 1 is 1.13 bits per heavy atom. The van der Waals surface area contributed by atoms with Gasteiger partial charge in [0.15, 0.2) is 5.82 Å². The minimum Gasteiger partial charge on any atom is -0.339 e. The average molecular weight is 324 g/mol. The molecule has 3 heterocycles. The van der Waals surface area contributed by atoms with Crippen LogP contribution in [-0.4, -0.2) is 15.0 Å². The van der Waals surface area contributed by atoms with E-state index in [0.29, 0.717) is 11.5 Å². The molecule has 0 saturated carbocycles. The molecule has 0 aliphatic heterocycles. The summed E-state index contributed by atoms with van der Waals surface area (Å²) in [5, 5.41) is 4.23. The summed E-state index contributed by atoms with van der Waals surface area (Å²) < 4.78 is 14.3. The molecule has 0 spiro atoms.